The van der Waals surface area contributed by atoms with Gasteiger partial charge in [-0.15, -0.1) is 0 Å². The van der Waals surface area contributed by atoms with Gasteiger partial charge in [-0.2, -0.15) is 13.7 Å². The lowest BCUT2D eigenvalue weighted by Crippen LogP contribution is -2.11. The Morgan fingerprint density at radius 3 is 2.36 bits per heavy atom. The van der Waals surface area contributed by atoms with Crippen LogP contribution in [0.4, 0.5) is 0 Å². The van der Waals surface area contributed by atoms with Gasteiger partial charge < -0.3 is 4.18 Å². The number of nitrogens with zero attached hydrogens (tertiary/aromatic N) is 1. The number of halogens is 1. The predicted molar refractivity (Wildman–Crippen MR) is 84.5 cm³/mol. The second-order valence-electron chi connectivity index (χ2n) is 4.88. The fraction of sp³-hybridized carbons (Fsp3) is 0.188. The van der Waals surface area contributed by atoms with Crippen LogP contribution < -0.4 is 4.18 Å². The second kappa shape index (κ2) is 6.39. The first kappa shape index (κ1) is 16.3. The molecule has 2 aromatic carbocycles. The van der Waals surface area contributed by atoms with E-state index in [4.69, 9.17) is 21.0 Å². The van der Waals surface area contributed by atoms with Crippen LogP contribution >= 0.6 is 11.6 Å². The van der Waals surface area contributed by atoms with Gasteiger partial charge in [-0.25, -0.2) is 0 Å². The Bertz CT molecular complexity index is 837. The van der Waals surface area contributed by atoms with E-state index in [1.807, 2.05) is 6.07 Å². The minimum atomic E-state index is -3.93. The highest BCUT2D eigenvalue weighted by Gasteiger charge is 2.20. The molecule has 0 aromatic heterocycles. The zero-order valence-electron chi connectivity index (χ0n) is 12.1. The lowest BCUT2D eigenvalue weighted by Gasteiger charge is -2.11. The molecular weight excluding hydrogens is 322 g/mol. The molecule has 2 aromatic rings. The van der Waals surface area contributed by atoms with Crippen molar-refractivity contribution < 1.29 is 12.6 Å². The zero-order valence-corrected chi connectivity index (χ0v) is 13.7. The molecule has 0 radical (unpaired) electrons. The highest BCUT2D eigenvalue weighted by atomic mass is 35.5. The molecule has 0 aliphatic heterocycles. The summed E-state index contributed by atoms with van der Waals surface area (Å²) in [6.07, 6.45) is 0.266. The van der Waals surface area contributed by atoms with Crippen LogP contribution in [0.5, 0.6) is 5.75 Å². The van der Waals surface area contributed by atoms with Crippen LogP contribution in [0.25, 0.3) is 0 Å². The second-order valence-corrected chi connectivity index (χ2v) is 6.81. The zero-order chi connectivity index (χ0) is 16.3. The molecule has 2 rings (SSSR count). The monoisotopic (exact) mass is 335 g/mol. The van der Waals surface area contributed by atoms with Gasteiger partial charge in [0, 0.05) is 5.02 Å². The third-order valence-electron chi connectivity index (χ3n) is 3.14. The first-order valence-corrected chi connectivity index (χ1v) is 8.29. The summed E-state index contributed by atoms with van der Waals surface area (Å²) >= 11 is 5.98. The van der Waals surface area contributed by atoms with Crippen molar-refractivity contribution in [2.45, 2.75) is 25.2 Å². The maximum Gasteiger partial charge on any atom is 0.339 e. The molecule has 0 spiro atoms. The molecule has 0 saturated heterocycles. The van der Waals surface area contributed by atoms with Crippen molar-refractivity contribution in [1.29, 1.82) is 5.26 Å². The van der Waals surface area contributed by atoms with Crippen molar-refractivity contribution in [3.8, 4) is 11.8 Å². The van der Waals surface area contributed by atoms with Gasteiger partial charge in [0.25, 0.3) is 0 Å². The molecule has 0 atom stereocenters. The van der Waals surface area contributed by atoms with E-state index in [-0.39, 0.29) is 17.1 Å². The number of nitriles is 1. The lowest BCUT2D eigenvalue weighted by molar-refractivity contribution is 0.485. The molecule has 0 heterocycles. The SMILES string of the molecule is Cc1cc(S(=O)(=O)Oc2ccc(CC#N)cc2)c(C)cc1Cl. The van der Waals surface area contributed by atoms with Gasteiger partial charge in [0.05, 0.1) is 12.5 Å². The van der Waals surface area contributed by atoms with Gasteiger partial charge in [-0.1, -0.05) is 23.7 Å². The molecule has 0 N–H and O–H groups in total. The summed E-state index contributed by atoms with van der Waals surface area (Å²) in [5, 5.41) is 9.13. The van der Waals surface area contributed by atoms with E-state index in [9.17, 15) is 8.42 Å². The summed E-state index contributed by atoms with van der Waals surface area (Å²) in [5.74, 6) is 0.202. The summed E-state index contributed by atoms with van der Waals surface area (Å²) in [6, 6.07) is 11.5. The number of hydrogen-bond donors (Lipinski definition) is 0. The maximum atomic E-state index is 12.4. The van der Waals surface area contributed by atoms with Gasteiger partial charge in [0.2, 0.25) is 0 Å². The van der Waals surface area contributed by atoms with Crippen molar-refractivity contribution >= 4 is 21.7 Å². The Hall–Kier alpha value is -2.03. The highest BCUT2D eigenvalue weighted by molar-refractivity contribution is 7.87. The molecular formula is C16H14ClNO3S. The molecule has 0 bridgehead atoms. The molecule has 0 aliphatic rings. The number of benzene rings is 2. The minimum Gasteiger partial charge on any atom is -0.379 e. The fourth-order valence-corrected chi connectivity index (χ4v) is 3.40. The van der Waals surface area contributed by atoms with Gasteiger partial charge >= 0.3 is 10.1 Å². The predicted octanol–water partition coefficient (Wildman–Crippen LogP) is 3.79. The van der Waals surface area contributed by atoms with E-state index in [2.05, 4.69) is 0 Å². The van der Waals surface area contributed by atoms with E-state index < -0.39 is 10.1 Å². The Labute approximate surface area is 135 Å². The van der Waals surface area contributed by atoms with Crippen LogP contribution in [0.3, 0.4) is 0 Å². The fourth-order valence-electron chi connectivity index (χ4n) is 1.95. The average molecular weight is 336 g/mol. The third kappa shape index (κ3) is 3.59. The van der Waals surface area contributed by atoms with Gasteiger partial charge in [0.1, 0.15) is 10.6 Å². The van der Waals surface area contributed by atoms with Crippen molar-refractivity contribution in [3.63, 3.8) is 0 Å². The topological polar surface area (TPSA) is 67.2 Å². The minimum absolute atomic E-state index is 0.0931. The Morgan fingerprint density at radius 1 is 1.14 bits per heavy atom. The van der Waals surface area contributed by atoms with E-state index in [1.165, 1.54) is 18.2 Å². The van der Waals surface area contributed by atoms with Crippen LogP contribution in [-0.4, -0.2) is 8.42 Å². The number of hydrogen-bond acceptors (Lipinski definition) is 4. The molecule has 6 heteroatoms. The Morgan fingerprint density at radius 2 is 1.77 bits per heavy atom. The first-order chi connectivity index (χ1) is 10.3. The molecule has 4 nitrogen and oxygen atoms in total. The smallest absolute Gasteiger partial charge is 0.339 e. The average Bonchev–Trinajstić information content (AvgIpc) is 2.45. The lowest BCUT2D eigenvalue weighted by atomic mass is 10.2. The van der Waals surface area contributed by atoms with Crippen molar-refractivity contribution in [1.82, 2.24) is 0 Å². The summed E-state index contributed by atoms with van der Waals surface area (Å²) in [5.41, 5.74) is 1.99. The van der Waals surface area contributed by atoms with Crippen LogP contribution in [0.2, 0.25) is 5.02 Å². The number of aryl methyl sites for hydroxylation is 2. The van der Waals surface area contributed by atoms with E-state index in [0.717, 1.165) is 5.56 Å². The van der Waals surface area contributed by atoms with Gasteiger partial charge in [-0.3, -0.25) is 0 Å². The summed E-state index contributed by atoms with van der Waals surface area (Å²) in [6.45, 7) is 3.40. The number of rotatable bonds is 4. The summed E-state index contributed by atoms with van der Waals surface area (Å²) in [7, 11) is -3.93. The van der Waals surface area contributed by atoms with E-state index >= 15 is 0 Å². The van der Waals surface area contributed by atoms with Crippen LogP contribution in [0, 0.1) is 25.2 Å². The van der Waals surface area contributed by atoms with Crippen LogP contribution in [0.1, 0.15) is 16.7 Å². The van der Waals surface area contributed by atoms with Crippen LogP contribution in [0.15, 0.2) is 41.3 Å². The van der Waals surface area contributed by atoms with Crippen molar-refractivity contribution in [3.05, 3.63) is 58.1 Å². The van der Waals surface area contributed by atoms with E-state index in [1.54, 1.807) is 32.0 Å². The highest BCUT2D eigenvalue weighted by Crippen LogP contribution is 2.26. The largest absolute Gasteiger partial charge is 0.379 e. The van der Waals surface area contributed by atoms with Crippen LogP contribution in [-0.2, 0) is 16.5 Å². The Kier molecular flexibility index (Phi) is 4.74. The van der Waals surface area contributed by atoms with E-state index in [0.29, 0.717) is 16.1 Å². The van der Waals surface area contributed by atoms with Gasteiger partial charge in [-0.05, 0) is 54.8 Å². The van der Waals surface area contributed by atoms with Gasteiger partial charge in [0.15, 0.2) is 0 Å². The van der Waals surface area contributed by atoms with Crippen molar-refractivity contribution in [2.75, 3.05) is 0 Å². The molecule has 0 fully saturated rings. The molecule has 0 amide bonds. The third-order valence-corrected chi connectivity index (χ3v) is 4.94. The molecule has 0 saturated carbocycles. The quantitative estimate of drug-likeness (QED) is 0.797. The molecule has 0 aliphatic carbocycles. The maximum absolute atomic E-state index is 12.4. The standard InChI is InChI=1S/C16H14ClNO3S/c1-11-10-16(12(2)9-15(11)17)22(19,20)21-14-5-3-13(4-6-14)7-8-18/h3-6,9-10H,7H2,1-2H3. The summed E-state index contributed by atoms with van der Waals surface area (Å²) in [4.78, 5) is 0.0931. The molecule has 114 valence electrons. The first-order valence-electron chi connectivity index (χ1n) is 6.50. The molecule has 0 unspecified atom stereocenters. The summed E-state index contributed by atoms with van der Waals surface area (Å²) < 4.78 is 29.9. The Balaban J connectivity index is 2.32. The van der Waals surface area contributed by atoms with Crippen molar-refractivity contribution in [2.24, 2.45) is 0 Å². The molecule has 22 heavy (non-hydrogen) atoms. The normalized spacial score (nSPS) is 11.0.